The topological polar surface area (TPSA) is 96.7 Å². The summed E-state index contributed by atoms with van der Waals surface area (Å²) < 4.78 is 1.27. The number of urea groups is 1. The maximum Gasteiger partial charge on any atom is 0.325 e. The van der Waals surface area contributed by atoms with E-state index >= 15 is 0 Å². The van der Waals surface area contributed by atoms with E-state index in [0.717, 1.165) is 37.1 Å². The normalized spacial score (nSPS) is 20.0. The Bertz CT molecular complexity index is 926. The second kappa shape index (κ2) is 6.46. The number of aromatic nitrogens is 3. The van der Waals surface area contributed by atoms with Gasteiger partial charge in [0.15, 0.2) is 0 Å². The van der Waals surface area contributed by atoms with Crippen molar-refractivity contribution in [2.24, 2.45) is 0 Å². The molecule has 0 radical (unpaired) electrons. The zero-order chi connectivity index (χ0) is 18.3. The number of amides is 3. The number of carbonyl (C=O) groups excluding carboxylic acids is 2. The van der Waals surface area contributed by atoms with Gasteiger partial charge in [-0.05, 0) is 19.3 Å². The number of rotatable bonds is 3. The molecule has 8 nitrogen and oxygen atoms in total. The summed E-state index contributed by atoms with van der Waals surface area (Å²) in [6.07, 6.45) is 6.13. The van der Waals surface area contributed by atoms with E-state index in [1.54, 1.807) is 0 Å². The minimum absolute atomic E-state index is 0.0114. The number of hydrogen-bond acceptors (Lipinski definition) is 6. The summed E-state index contributed by atoms with van der Waals surface area (Å²) in [7, 11) is 0. The van der Waals surface area contributed by atoms with E-state index in [2.05, 4.69) is 15.4 Å². The lowest BCUT2D eigenvalue weighted by molar-refractivity contribution is -0.132. The number of nitrogens with one attached hydrogen (secondary N) is 1. The molecule has 9 heteroatoms. The van der Waals surface area contributed by atoms with E-state index in [1.165, 1.54) is 26.8 Å². The second-order valence-corrected chi connectivity index (χ2v) is 7.99. The van der Waals surface area contributed by atoms with Crippen molar-refractivity contribution in [1.29, 1.82) is 0 Å². The van der Waals surface area contributed by atoms with Crippen molar-refractivity contribution in [3.63, 3.8) is 0 Å². The van der Waals surface area contributed by atoms with Crippen molar-refractivity contribution < 1.29 is 9.59 Å². The van der Waals surface area contributed by atoms with E-state index in [1.807, 2.05) is 6.92 Å². The first-order valence-electron chi connectivity index (χ1n) is 9.05. The molecular weight excluding hydrogens is 354 g/mol. The van der Waals surface area contributed by atoms with Crippen LogP contribution >= 0.6 is 11.3 Å². The molecule has 2 aliphatic rings. The molecule has 0 atom stereocenters. The van der Waals surface area contributed by atoms with Gasteiger partial charge in [-0.15, -0.1) is 0 Å². The molecule has 0 aromatic carbocycles. The van der Waals surface area contributed by atoms with E-state index in [-0.39, 0.29) is 18.0 Å². The molecule has 138 valence electrons. The second-order valence-electron chi connectivity index (χ2n) is 6.95. The molecule has 2 fully saturated rings. The van der Waals surface area contributed by atoms with Crippen molar-refractivity contribution in [2.45, 2.75) is 64.0 Å². The third kappa shape index (κ3) is 2.80. The number of carbonyl (C=O) groups is 2. The molecular formula is C17H21N5O3S. The Morgan fingerprint density at radius 3 is 2.62 bits per heavy atom. The maximum absolute atomic E-state index is 13.0. The fourth-order valence-corrected chi connectivity index (χ4v) is 4.63. The predicted molar refractivity (Wildman–Crippen MR) is 96.0 cm³/mol. The van der Waals surface area contributed by atoms with Gasteiger partial charge in [0.1, 0.15) is 10.5 Å². The van der Waals surface area contributed by atoms with E-state index in [9.17, 15) is 14.4 Å². The van der Waals surface area contributed by atoms with Gasteiger partial charge in [0.25, 0.3) is 11.5 Å². The molecule has 2 aromatic heterocycles. The maximum atomic E-state index is 13.0. The zero-order valence-corrected chi connectivity index (χ0v) is 15.5. The Hall–Kier alpha value is -2.29. The largest absolute Gasteiger partial charge is 0.325 e. The Balaban J connectivity index is 1.62. The molecule has 1 saturated heterocycles. The Morgan fingerprint density at radius 2 is 1.92 bits per heavy atom. The highest BCUT2D eigenvalue weighted by Gasteiger charge is 2.50. The Morgan fingerprint density at radius 1 is 1.19 bits per heavy atom. The van der Waals surface area contributed by atoms with E-state index in [4.69, 9.17) is 0 Å². The summed E-state index contributed by atoms with van der Waals surface area (Å²) in [5.41, 5.74) is -0.653. The van der Waals surface area contributed by atoms with Gasteiger partial charge in [-0.1, -0.05) is 43.9 Å². The highest BCUT2D eigenvalue weighted by Crippen LogP contribution is 2.33. The lowest BCUT2D eigenvalue weighted by Gasteiger charge is -2.24. The average Bonchev–Trinajstić information content (AvgIpc) is 3.02. The van der Waals surface area contributed by atoms with Crippen LogP contribution in [-0.2, 0) is 17.8 Å². The van der Waals surface area contributed by atoms with Gasteiger partial charge in [0.2, 0.25) is 4.96 Å². The third-order valence-electron chi connectivity index (χ3n) is 5.17. The van der Waals surface area contributed by atoms with Crippen molar-refractivity contribution in [3.05, 3.63) is 27.1 Å². The van der Waals surface area contributed by atoms with Crippen LogP contribution in [0.4, 0.5) is 4.79 Å². The standard InChI is InChI=1S/C17H21N5O3S/c1-2-12-20-22-13(23)9-11(18-16(22)26-12)10-21-14(24)17(19-15(21)25)7-5-3-4-6-8-17/h9H,2-8,10H2,1H3,(H,19,25). The first-order chi connectivity index (χ1) is 12.5. The molecule has 1 N–H and O–H groups in total. The van der Waals surface area contributed by atoms with Crippen LogP contribution in [0.3, 0.4) is 0 Å². The van der Waals surface area contributed by atoms with E-state index in [0.29, 0.717) is 23.5 Å². The lowest BCUT2D eigenvalue weighted by Crippen LogP contribution is -2.46. The average molecular weight is 375 g/mol. The summed E-state index contributed by atoms with van der Waals surface area (Å²) in [4.78, 5) is 43.8. The van der Waals surface area contributed by atoms with Crippen molar-refractivity contribution in [3.8, 4) is 0 Å². The minimum Gasteiger partial charge on any atom is -0.323 e. The Labute approximate surface area is 154 Å². The SMILES string of the molecule is CCc1nn2c(=O)cc(CN3C(=O)NC4(CCCCCC4)C3=O)nc2s1. The molecule has 1 saturated carbocycles. The molecule has 1 aliphatic heterocycles. The van der Waals surface area contributed by atoms with Crippen molar-refractivity contribution >= 4 is 28.2 Å². The Kier molecular flexibility index (Phi) is 4.26. The first kappa shape index (κ1) is 17.1. The number of hydrogen-bond donors (Lipinski definition) is 1. The summed E-state index contributed by atoms with van der Waals surface area (Å²) in [6, 6.07) is 0.961. The molecule has 26 heavy (non-hydrogen) atoms. The number of nitrogens with zero attached hydrogens (tertiary/aromatic N) is 4. The first-order valence-corrected chi connectivity index (χ1v) is 9.87. The van der Waals surface area contributed by atoms with Crippen molar-refractivity contribution in [2.75, 3.05) is 0 Å². The monoisotopic (exact) mass is 375 g/mol. The predicted octanol–water partition coefficient (Wildman–Crippen LogP) is 1.86. The van der Waals surface area contributed by atoms with Crippen LogP contribution in [0.15, 0.2) is 10.9 Å². The highest BCUT2D eigenvalue weighted by atomic mass is 32.1. The molecule has 1 spiro atoms. The summed E-state index contributed by atoms with van der Waals surface area (Å²) in [5.74, 6) is -0.190. The van der Waals surface area contributed by atoms with Crippen LogP contribution in [0.5, 0.6) is 0 Å². The van der Waals surface area contributed by atoms with Crippen LogP contribution in [-0.4, -0.2) is 37.0 Å². The summed E-state index contributed by atoms with van der Waals surface area (Å²) in [6.45, 7) is 1.97. The fraction of sp³-hybridized carbons (Fsp3) is 0.588. The summed E-state index contributed by atoms with van der Waals surface area (Å²) >= 11 is 1.35. The number of aryl methyl sites for hydroxylation is 1. The van der Waals surface area contributed by atoms with Crippen LogP contribution in [0.2, 0.25) is 0 Å². The smallest absolute Gasteiger partial charge is 0.323 e. The van der Waals surface area contributed by atoms with Gasteiger partial charge >= 0.3 is 6.03 Å². The molecule has 1 aliphatic carbocycles. The number of fused-ring (bicyclic) bond motifs is 1. The fourth-order valence-electron chi connectivity index (χ4n) is 3.77. The van der Waals surface area contributed by atoms with Gasteiger partial charge < -0.3 is 5.32 Å². The van der Waals surface area contributed by atoms with Crippen LogP contribution in [0.25, 0.3) is 4.96 Å². The number of imide groups is 1. The molecule has 4 rings (SSSR count). The van der Waals surface area contributed by atoms with Gasteiger partial charge in [0.05, 0.1) is 12.2 Å². The lowest BCUT2D eigenvalue weighted by atomic mass is 9.90. The molecule has 2 aromatic rings. The van der Waals surface area contributed by atoms with E-state index < -0.39 is 11.6 Å². The van der Waals surface area contributed by atoms with Gasteiger partial charge in [-0.3, -0.25) is 14.5 Å². The van der Waals surface area contributed by atoms with Crippen LogP contribution in [0.1, 0.15) is 56.2 Å². The van der Waals surface area contributed by atoms with Crippen LogP contribution in [0, 0.1) is 0 Å². The van der Waals surface area contributed by atoms with Crippen molar-refractivity contribution in [1.82, 2.24) is 24.8 Å². The van der Waals surface area contributed by atoms with Crippen LogP contribution < -0.4 is 10.9 Å². The highest BCUT2D eigenvalue weighted by molar-refractivity contribution is 7.16. The minimum atomic E-state index is -0.771. The quantitative estimate of drug-likeness (QED) is 0.826. The zero-order valence-electron chi connectivity index (χ0n) is 14.7. The van der Waals surface area contributed by atoms with Gasteiger partial charge in [-0.2, -0.15) is 9.61 Å². The van der Waals surface area contributed by atoms with Gasteiger partial charge in [-0.25, -0.2) is 9.78 Å². The molecule has 0 bridgehead atoms. The molecule has 3 heterocycles. The summed E-state index contributed by atoms with van der Waals surface area (Å²) in [5, 5.41) is 7.94. The molecule has 3 amide bonds. The van der Waals surface area contributed by atoms with Gasteiger partial charge in [0, 0.05) is 6.07 Å². The third-order valence-corrected chi connectivity index (χ3v) is 6.22. The molecule has 0 unspecified atom stereocenters.